The molecule has 1 aliphatic heterocycles. The van der Waals surface area contributed by atoms with E-state index in [0.29, 0.717) is 10.6 Å². The highest BCUT2D eigenvalue weighted by Gasteiger charge is 2.32. The summed E-state index contributed by atoms with van der Waals surface area (Å²) in [5, 5.41) is 9.14. The van der Waals surface area contributed by atoms with Gasteiger partial charge in [-0.2, -0.15) is 13.2 Å². The lowest BCUT2D eigenvalue weighted by Crippen LogP contribution is -2.39. The Morgan fingerprint density at radius 2 is 2.18 bits per heavy atom. The van der Waals surface area contributed by atoms with Crippen molar-refractivity contribution >= 4 is 17.4 Å². The normalized spacial score (nSPS) is 20.3. The first-order valence-electron chi connectivity index (χ1n) is 5.11. The SMILES string of the molecule is CN1c2ccc(C(F)(F)F)cc2SCC1CO. The number of alkyl halides is 3. The summed E-state index contributed by atoms with van der Waals surface area (Å²) in [6, 6.07) is 3.68. The number of aliphatic hydroxyl groups excluding tert-OH is 1. The van der Waals surface area contributed by atoms with Gasteiger partial charge in [0.1, 0.15) is 0 Å². The van der Waals surface area contributed by atoms with Crippen LogP contribution >= 0.6 is 11.8 Å². The summed E-state index contributed by atoms with van der Waals surface area (Å²) < 4.78 is 37.6. The number of benzene rings is 1. The minimum absolute atomic E-state index is 0.00393. The van der Waals surface area contributed by atoms with E-state index in [0.717, 1.165) is 11.8 Å². The largest absolute Gasteiger partial charge is 0.416 e. The zero-order valence-electron chi connectivity index (χ0n) is 9.16. The Morgan fingerprint density at radius 3 is 2.76 bits per heavy atom. The van der Waals surface area contributed by atoms with Crippen molar-refractivity contribution < 1.29 is 18.3 Å². The standard InChI is InChI=1S/C11H12F3NOS/c1-15-8(5-16)6-17-10-4-7(11(12,13)14)2-3-9(10)15/h2-4,8,16H,5-6H2,1H3. The third kappa shape index (κ3) is 2.37. The highest BCUT2D eigenvalue weighted by atomic mass is 32.2. The number of rotatable bonds is 1. The number of fused-ring (bicyclic) bond motifs is 1. The Balaban J connectivity index is 2.36. The molecule has 0 spiro atoms. The van der Waals surface area contributed by atoms with E-state index in [-0.39, 0.29) is 12.6 Å². The lowest BCUT2D eigenvalue weighted by atomic mass is 10.1. The number of hydrogen-bond acceptors (Lipinski definition) is 3. The molecule has 1 N–H and O–H groups in total. The molecule has 0 radical (unpaired) electrons. The summed E-state index contributed by atoms with van der Waals surface area (Å²) in [5.41, 5.74) is 0.118. The lowest BCUT2D eigenvalue weighted by molar-refractivity contribution is -0.137. The maximum atomic E-state index is 12.5. The van der Waals surface area contributed by atoms with E-state index in [4.69, 9.17) is 5.11 Å². The van der Waals surface area contributed by atoms with Crippen LogP contribution in [0, 0.1) is 0 Å². The minimum atomic E-state index is -4.30. The van der Waals surface area contributed by atoms with Gasteiger partial charge in [0.25, 0.3) is 0 Å². The molecule has 2 nitrogen and oxygen atoms in total. The average Bonchev–Trinajstić information content (AvgIpc) is 2.28. The summed E-state index contributed by atoms with van der Waals surface area (Å²) in [7, 11) is 1.78. The van der Waals surface area contributed by atoms with Gasteiger partial charge in [-0.3, -0.25) is 0 Å². The number of thioether (sulfide) groups is 1. The van der Waals surface area contributed by atoms with Gasteiger partial charge < -0.3 is 10.0 Å². The quantitative estimate of drug-likeness (QED) is 0.842. The van der Waals surface area contributed by atoms with Gasteiger partial charge in [0.15, 0.2) is 0 Å². The molecule has 0 fully saturated rings. The number of hydrogen-bond donors (Lipinski definition) is 1. The monoisotopic (exact) mass is 263 g/mol. The van der Waals surface area contributed by atoms with E-state index < -0.39 is 11.7 Å². The first-order chi connectivity index (χ1) is 7.93. The van der Waals surface area contributed by atoms with Gasteiger partial charge in [0, 0.05) is 17.7 Å². The van der Waals surface area contributed by atoms with Crippen LogP contribution < -0.4 is 4.90 Å². The van der Waals surface area contributed by atoms with Gasteiger partial charge in [-0.05, 0) is 18.2 Å². The molecule has 0 saturated heterocycles. The Kier molecular flexibility index (Phi) is 3.27. The van der Waals surface area contributed by atoms with E-state index in [1.807, 2.05) is 4.90 Å². The molecule has 0 amide bonds. The van der Waals surface area contributed by atoms with Crippen LogP contribution in [-0.2, 0) is 6.18 Å². The summed E-state index contributed by atoms with van der Waals surface area (Å²) in [6.07, 6.45) is -4.30. The summed E-state index contributed by atoms with van der Waals surface area (Å²) in [5.74, 6) is 0.599. The summed E-state index contributed by atoms with van der Waals surface area (Å²) >= 11 is 1.35. The van der Waals surface area contributed by atoms with E-state index in [9.17, 15) is 13.2 Å². The maximum absolute atomic E-state index is 12.5. The van der Waals surface area contributed by atoms with Crippen LogP contribution in [0.2, 0.25) is 0 Å². The Hall–Kier alpha value is -0.880. The van der Waals surface area contributed by atoms with Crippen LogP contribution in [0.1, 0.15) is 5.56 Å². The van der Waals surface area contributed by atoms with Gasteiger partial charge in [-0.1, -0.05) is 0 Å². The Bertz CT molecular complexity index is 422. The highest BCUT2D eigenvalue weighted by molar-refractivity contribution is 7.99. The van der Waals surface area contributed by atoms with Gasteiger partial charge in [0.05, 0.1) is 23.9 Å². The number of likely N-dealkylation sites (N-methyl/N-ethyl adjacent to an activating group) is 1. The zero-order valence-corrected chi connectivity index (χ0v) is 9.98. The third-order valence-corrected chi connectivity index (χ3v) is 4.05. The number of aliphatic hydroxyl groups is 1. The molecule has 1 aliphatic rings. The van der Waals surface area contributed by atoms with Crippen LogP contribution in [0.3, 0.4) is 0 Å². The molecule has 6 heteroatoms. The molecule has 94 valence electrons. The van der Waals surface area contributed by atoms with Crippen molar-refractivity contribution in [1.29, 1.82) is 0 Å². The minimum Gasteiger partial charge on any atom is -0.394 e. The van der Waals surface area contributed by atoms with Crippen LogP contribution in [0.15, 0.2) is 23.1 Å². The molecule has 1 atom stereocenters. The van der Waals surface area contributed by atoms with E-state index in [1.165, 1.54) is 23.9 Å². The predicted octanol–water partition coefficient (Wildman–Crippen LogP) is 2.61. The van der Waals surface area contributed by atoms with Gasteiger partial charge >= 0.3 is 6.18 Å². The highest BCUT2D eigenvalue weighted by Crippen LogP contribution is 2.40. The first kappa shape index (κ1) is 12.6. The average molecular weight is 263 g/mol. The fourth-order valence-corrected chi connectivity index (χ4v) is 3.04. The van der Waals surface area contributed by atoms with Crippen molar-refractivity contribution in [2.45, 2.75) is 17.1 Å². The number of anilines is 1. The smallest absolute Gasteiger partial charge is 0.394 e. The molecule has 1 aromatic rings. The fourth-order valence-electron chi connectivity index (χ4n) is 1.77. The van der Waals surface area contributed by atoms with Crippen molar-refractivity contribution in [3.63, 3.8) is 0 Å². The molecule has 0 aromatic heterocycles. The summed E-state index contributed by atoms with van der Waals surface area (Å²) in [6.45, 7) is 0.00393. The number of nitrogens with zero attached hydrogens (tertiary/aromatic N) is 1. The maximum Gasteiger partial charge on any atom is 0.416 e. The molecule has 1 aromatic carbocycles. The molecular formula is C11H12F3NOS. The third-order valence-electron chi connectivity index (χ3n) is 2.86. The second-order valence-corrected chi connectivity index (χ2v) is 5.00. The number of halogens is 3. The lowest BCUT2D eigenvalue weighted by Gasteiger charge is -2.34. The Morgan fingerprint density at radius 1 is 1.47 bits per heavy atom. The van der Waals surface area contributed by atoms with Crippen LogP contribution in [0.5, 0.6) is 0 Å². The molecule has 2 rings (SSSR count). The topological polar surface area (TPSA) is 23.5 Å². The van der Waals surface area contributed by atoms with E-state index >= 15 is 0 Å². The van der Waals surface area contributed by atoms with Crippen molar-refractivity contribution in [3.05, 3.63) is 23.8 Å². The molecule has 0 bridgehead atoms. The van der Waals surface area contributed by atoms with Crippen LogP contribution in [0.4, 0.5) is 18.9 Å². The van der Waals surface area contributed by atoms with E-state index in [1.54, 1.807) is 7.05 Å². The second kappa shape index (κ2) is 4.42. The van der Waals surface area contributed by atoms with E-state index in [2.05, 4.69) is 0 Å². The van der Waals surface area contributed by atoms with Crippen molar-refractivity contribution in [2.75, 3.05) is 24.3 Å². The fraction of sp³-hybridized carbons (Fsp3) is 0.455. The molecule has 1 unspecified atom stereocenters. The Labute approximate surface area is 101 Å². The van der Waals surface area contributed by atoms with Crippen molar-refractivity contribution in [3.8, 4) is 0 Å². The molecule has 0 aliphatic carbocycles. The van der Waals surface area contributed by atoms with Gasteiger partial charge in [-0.25, -0.2) is 0 Å². The molecule has 17 heavy (non-hydrogen) atoms. The molecular weight excluding hydrogens is 251 g/mol. The van der Waals surface area contributed by atoms with Crippen LogP contribution in [0.25, 0.3) is 0 Å². The van der Waals surface area contributed by atoms with Gasteiger partial charge in [0.2, 0.25) is 0 Å². The zero-order chi connectivity index (χ0) is 12.6. The predicted molar refractivity (Wildman–Crippen MR) is 61.4 cm³/mol. The second-order valence-electron chi connectivity index (χ2n) is 3.94. The first-order valence-corrected chi connectivity index (χ1v) is 6.10. The van der Waals surface area contributed by atoms with Crippen molar-refractivity contribution in [2.24, 2.45) is 0 Å². The van der Waals surface area contributed by atoms with Gasteiger partial charge in [-0.15, -0.1) is 11.8 Å². The molecule has 1 heterocycles. The van der Waals surface area contributed by atoms with Crippen LogP contribution in [-0.4, -0.2) is 30.6 Å². The molecule has 0 saturated carbocycles. The van der Waals surface area contributed by atoms with Crippen molar-refractivity contribution in [1.82, 2.24) is 0 Å². The summed E-state index contributed by atoms with van der Waals surface area (Å²) in [4.78, 5) is 2.44.